The Morgan fingerprint density at radius 2 is 1.35 bits per heavy atom. The van der Waals surface area contributed by atoms with Crippen LogP contribution in [-0.2, 0) is 11.3 Å². The quantitative estimate of drug-likeness (QED) is 0.122. The Bertz CT molecular complexity index is 1240. The summed E-state index contributed by atoms with van der Waals surface area (Å²) in [5.41, 5.74) is 5.10. The lowest BCUT2D eigenvalue weighted by Gasteiger charge is -2.18. The van der Waals surface area contributed by atoms with Crippen molar-refractivity contribution in [3.8, 4) is 0 Å². The number of carbonyl (C=O) groups excluding carboxylic acids is 1. The van der Waals surface area contributed by atoms with Crippen LogP contribution in [0.1, 0.15) is 91.5 Å². The Kier molecular flexibility index (Phi) is 10.1. The largest absolute Gasteiger partial charge is 0.377 e. The van der Waals surface area contributed by atoms with Gasteiger partial charge in [0, 0.05) is 34.8 Å². The second-order valence-electron chi connectivity index (χ2n) is 10.2. The van der Waals surface area contributed by atoms with E-state index in [1.165, 1.54) is 49.6 Å². The molecule has 3 heteroatoms. The second kappa shape index (κ2) is 13.9. The number of ether oxygens (including phenoxy) is 1. The first-order valence-electron chi connectivity index (χ1n) is 14.0. The van der Waals surface area contributed by atoms with Gasteiger partial charge in [0.25, 0.3) is 0 Å². The van der Waals surface area contributed by atoms with E-state index in [4.69, 9.17) is 4.74 Å². The molecule has 0 radical (unpaired) electrons. The number of aromatic nitrogens is 1. The Balaban J connectivity index is 1.20. The molecule has 3 nitrogen and oxygen atoms in total. The van der Waals surface area contributed by atoms with Crippen LogP contribution in [0.3, 0.4) is 0 Å². The van der Waals surface area contributed by atoms with Gasteiger partial charge < -0.3 is 9.30 Å². The van der Waals surface area contributed by atoms with Gasteiger partial charge in [-0.05, 0) is 38.3 Å². The van der Waals surface area contributed by atoms with Crippen LogP contribution in [0.2, 0.25) is 0 Å². The molecule has 0 spiro atoms. The Hall–Kier alpha value is -3.17. The van der Waals surface area contributed by atoms with Crippen LogP contribution < -0.4 is 0 Å². The molecule has 37 heavy (non-hydrogen) atoms. The summed E-state index contributed by atoms with van der Waals surface area (Å²) in [5, 5.41) is 1.06. The standard InChI is InChI=1S/C34H41NO2/c1-27(18-10-6-4-3-5-7-17-25-37-26-29-19-11-8-12-20-29)35-28(2)33(31-23-15-16-24-32(31)35)34(36)30-21-13-9-14-22-30/h8-9,11-16,19-24,27H,3-7,10,17-18,25-26H2,1-2H3. The van der Waals surface area contributed by atoms with Crippen LogP contribution in [0, 0.1) is 6.92 Å². The number of unbranched alkanes of at least 4 members (excludes halogenated alkanes) is 6. The van der Waals surface area contributed by atoms with Gasteiger partial charge in [-0.15, -0.1) is 0 Å². The van der Waals surface area contributed by atoms with Crippen LogP contribution >= 0.6 is 0 Å². The molecular formula is C34H41NO2. The molecule has 3 aromatic carbocycles. The molecule has 0 saturated heterocycles. The number of hydrogen-bond acceptors (Lipinski definition) is 2. The zero-order chi connectivity index (χ0) is 25.9. The van der Waals surface area contributed by atoms with E-state index in [9.17, 15) is 4.79 Å². The van der Waals surface area contributed by atoms with E-state index in [2.05, 4.69) is 60.9 Å². The van der Waals surface area contributed by atoms with E-state index in [-0.39, 0.29) is 5.78 Å². The molecular weight excluding hydrogens is 454 g/mol. The monoisotopic (exact) mass is 495 g/mol. The summed E-state index contributed by atoms with van der Waals surface area (Å²) in [6.07, 6.45) is 9.89. The van der Waals surface area contributed by atoms with Gasteiger partial charge in [-0.3, -0.25) is 4.79 Å². The summed E-state index contributed by atoms with van der Waals surface area (Å²) in [6, 6.07) is 28.8. The number of carbonyl (C=O) groups is 1. The predicted molar refractivity (Wildman–Crippen MR) is 154 cm³/mol. The van der Waals surface area contributed by atoms with Gasteiger partial charge in [0.2, 0.25) is 0 Å². The van der Waals surface area contributed by atoms with E-state index >= 15 is 0 Å². The summed E-state index contributed by atoms with van der Waals surface area (Å²) in [7, 11) is 0. The van der Waals surface area contributed by atoms with E-state index < -0.39 is 0 Å². The SMILES string of the molecule is Cc1c(C(=O)c2ccccc2)c2ccccc2n1C(C)CCCCCCCCCOCc1ccccc1. The molecule has 0 saturated carbocycles. The second-order valence-corrected chi connectivity index (χ2v) is 10.2. The van der Waals surface area contributed by atoms with E-state index in [0.717, 1.165) is 48.3 Å². The summed E-state index contributed by atoms with van der Waals surface area (Å²) in [4.78, 5) is 13.4. The molecule has 0 bridgehead atoms. The van der Waals surface area contributed by atoms with Crippen molar-refractivity contribution >= 4 is 16.7 Å². The Labute approximate surface area is 222 Å². The van der Waals surface area contributed by atoms with Gasteiger partial charge in [-0.25, -0.2) is 0 Å². The highest BCUT2D eigenvalue weighted by Gasteiger charge is 2.22. The minimum Gasteiger partial charge on any atom is -0.377 e. The van der Waals surface area contributed by atoms with Crippen LogP contribution in [-0.4, -0.2) is 17.0 Å². The molecule has 4 rings (SSSR count). The van der Waals surface area contributed by atoms with Gasteiger partial charge in [-0.2, -0.15) is 0 Å². The van der Waals surface area contributed by atoms with Gasteiger partial charge in [0.05, 0.1) is 12.2 Å². The van der Waals surface area contributed by atoms with Crippen molar-refractivity contribution in [2.45, 2.75) is 77.9 Å². The number of rotatable bonds is 15. The summed E-state index contributed by atoms with van der Waals surface area (Å²) >= 11 is 0. The van der Waals surface area contributed by atoms with Crippen molar-refractivity contribution in [3.05, 3.63) is 107 Å². The van der Waals surface area contributed by atoms with Gasteiger partial charge in [0.1, 0.15) is 0 Å². The summed E-state index contributed by atoms with van der Waals surface area (Å²) in [5.74, 6) is 0.116. The molecule has 0 aliphatic rings. The maximum Gasteiger partial charge on any atom is 0.195 e. The number of nitrogens with zero attached hydrogens (tertiary/aromatic N) is 1. The maximum atomic E-state index is 13.4. The molecule has 1 heterocycles. The number of hydrogen-bond donors (Lipinski definition) is 0. The van der Waals surface area contributed by atoms with Crippen molar-refractivity contribution < 1.29 is 9.53 Å². The van der Waals surface area contributed by atoms with Crippen molar-refractivity contribution in [2.75, 3.05) is 6.61 Å². The Morgan fingerprint density at radius 1 is 0.757 bits per heavy atom. The number of ketones is 1. The highest BCUT2D eigenvalue weighted by atomic mass is 16.5. The van der Waals surface area contributed by atoms with Crippen molar-refractivity contribution in [2.24, 2.45) is 0 Å². The van der Waals surface area contributed by atoms with Gasteiger partial charge in [-0.1, -0.05) is 117 Å². The minimum atomic E-state index is 0.116. The van der Waals surface area contributed by atoms with Crippen molar-refractivity contribution in [3.63, 3.8) is 0 Å². The lowest BCUT2D eigenvalue weighted by atomic mass is 10.0. The van der Waals surface area contributed by atoms with E-state index in [1.54, 1.807) is 0 Å². The third-order valence-electron chi connectivity index (χ3n) is 7.38. The zero-order valence-electron chi connectivity index (χ0n) is 22.5. The predicted octanol–water partition coefficient (Wildman–Crippen LogP) is 9.08. The lowest BCUT2D eigenvalue weighted by Crippen LogP contribution is -2.09. The first-order chi connectivity index (χ1) is 18.2. The average molecular weight is 496 g/mol. The fourth-order valence-electron chi connectivity index (χ4n) is 5.40. The molecule has 4 aromatic rings. The first-order valence-corrected chi connectivity index (χ1v) is 14.0. The van der Waals surface area contributed by atoms with Gasteiger partial charge in [0.15, 0.2) is 5.78 Å². The van der Waals surface area contributed by atoms with E-state index in [0.29, 0.717) is 6.04 Å². The van der Waals surface area contributed by atoms with Crippen molar-refractivity contribution in [1.29, 1.82) is 0 Å². The van der Waals surface area contributed by atoms with E-state index in [1.807, 2.05) is 42.5 Å². The molecule has 1 unspecified atom stereocenters. The number of para-hydroxylation sites is 1. The average Bonchev–Trinajstić information content (AvgIpc) is 3.24. The normalized spacial score (nSPS) is 12.2. The molecule has 0 N–H and O–H groups in total. The molecule has 0 amide bonds. The highest BCUT2D eigenvalue weighted by molar-refractivity contribution is 6.17. The van der Waals surface area contributed by atoms with Gasteiger partial charge >= 0.3 is 0 Å². The van der Waals surface area contributed by atoms with Crippen LogP contribution in [0.5, 0.6) is 0 Å². The van der Waals surface area contributed by atoms with Crippen LogP contribution in [0.15, 0.2) is 84.9 Å². The fraction of sp³-hybridized carbons (Fsp3) is 0.382. The zero-order valence-corrected chi connectivity index (χ0v) is 22.5. The Morgan fingerprint density at radius 3 is 2.08 bits per heavy atom. The molecule has 1 atom stereocenters. The fourth-order valence-corrected chi connectivity index (χ4v) is 5.40. The molecule has 0 aliphatic heterocycles. The van der Waals surface area contributed by atoms with Crippen LogP contribution in [0.25, 0.3) is 10.9 Å². The molecule has 0 fully saturated rings. The first kappa shape index (κ1) is 26.9. The maximum absolute atomic E-state index is 13.4. The summed E-state index contributed by atoms with van der Waals surface area (Å²) in [6.45, 7) is 5.98. The third-order valence-corrected chi connectivity index (χ3v) is 7.38. The smallest absolute Gasteiger partial charge is 0.195 e. The number of fused-ring (bicyclic) bond motifs is 1. The lowest BCUT2D eigenvalue weighted by molar-refractivity contribution is 0.103. The van der Waals surface area contributed by atoms with Crippen molar-refractivity contribution in [1.82, 2.24) is 4.57 Å². The molecule has 1 aromatic heterocycles. The highest BCUT2D eigenvalue weighted by Crippen LogP contribution is 2.32. The molecule has 0 aliphatic carbocycles. The molecule has 194 valence electrons. The van der Waals surface area contributed by atoms with Crippen LogP contribution in [0.4, 0.5) is 0 Å². The summed E-state index contributed by atoms with van der Waals surface area (Å²) < 4.78 is 8.18. The topological polar surface area (TPSA) is 31.2 Å². The number of benzene rings is 3. The minimum absolute atomic E-state index is 0.116. The third kappa shape index (κ3) is 7.20.